The third-order valence-electron chi connectivity index (χ3n) is 2.35. The topological polar surface area (TPSA) is 157 Å². The normalized spacial score (nSPS) is 34.1. The van der Waals surface area contributed by atoms with Crippen molar-refractivity contribution in [2.45, 2.75) is 30.5 Å². The predicted octanol–water partition coefficient (Wildman–Crippen LogP) is -6.69. The van der Waals surface area contributed by atoms with Crippen LogP contribution in [0.1, 0.15) is 0 Å². The van der Waals surface area contributed by atoms with E-state index >= 15 is 0 Å². The molecule has 1 aliphatic rings. The second-order valence-corrected chi connectivity index (χ2v) is 4.54. The van der Waals surface area contributed by atoms with Gasteiger partial charge in [0.15, 0.2) is 0 Å². The van der Waals surface area contributed by atoms with Crippen molar-refractivity contribution in [1.29, 1.82) is 0 Å². The summed E-state index contributed by atoms with van der Waals surface area (Å²) in [5.41, 5.74) is 0. The fraction of sp³-hybridized carbons (Fsp3) is 1.00. The van der Waals surface area contributed by atoms with E-state index in [4.69, 9.17) is 14.9 Å². The van der Waals surface area contributed by atoms with Gasteiger partial charge < -0.3 is 29.7 Å². The van der Waals surface area contributed by atoms with E-state index in [0.29, 0.717) is 0 Å². The van der Waals surface area contributed by atoms with Crippen LogP contribution in [-0.2, 0) is 19.3 Å². The molecule has 1 heterocycles. The zero-order chi connectivity index (χ0) is 13.2. The standard InChI is InChI=1S/C7H14O9S.Na/c8-1-3(10)6-5(11)7(4(2-9)15-6)16-17(12,13)14;/h3-11H,1-2H2,(H,12,13,14);/q;+1/p-1/t3-,4+,5+,6+,7+;/m0./s1. The number of hydrogen-bond acceptors (Lipinski definition) is 9. The molecular formula is C7H13NaO9S. The molecule has 1 saturated heterocycles. The van der Waals surface area contributed by atoms with Gasteiger partial charge in [-0.2, -0.15) is 0 Å². The molecule has 0 saturated carbocycles. The van der Waals surface area contributed by atoms with Crippen LogP contribution in [0.5, 0.6) is 0 Å². The van der Waals surface area contributed by atoms with Crippen LogP contribution in [0.25, 0.3) is 0 Å². The monoisotopic (exact) mass is 296 g/mol. The summed E-state index contributed by atoms with van der Waals surface area (Å²) in [6.07, 6.45) is -7.38. The molecule has 1 rings (SSSR count). The van der Waals surface area contributed by atoms with Crippen LogP contribution in [0.2, 0.25) is 0 Å². The molecule has 0 amide bonds. The summed E-state index contributed by atoms with van der Waals surface area (Å²) in [6.45, 7) is -1.46. The first-order chi connectivity index (χ1) is 7.80. The van der Waals surface area contributed by atoms with Gasteiger partial charge in [0.2, 0.25) is 10.4 Å². The molecule has 18 heavy (non-hydrogen) atoms. The van der Waals surface area contributed by atoms with Crippen LogP contribution < -0.4 is 29.6 Å². The van der Waals surface area contributed by atoms with Gasteiger partial charge in [0.1, 0.15) is 30.5 Å². The minimum absolute atomic E-state index is 0. The molecule has 0 radical (unpaired) electrons. The Hall–Kier alpha value is 0.670. The zero-order valence-electron chi connectivity index (χ0n) is 9.54. The smallest absolute Gasteiger partial charge is 0.726 e. The van der Waals surface area contributed by atoms with Crippen molar-refractivity contribution in [3.8, 4) is 0 Å². The van der Waals surface area contributed by atoms with Gasteiger partial charge in [-0.05, 0) is 0 Å². The first-order valence-electron chi connectivity index (χ1n) is 4.67. The van der Waals surface area contributed by atoms with Crippen molar-refractivity contribution in [2.24, 2.45) is 0 Å². The fourth-order valence-electron chi connectivity index (χ4n) is 1.59. The maximum atomic E-state index is 10.4. The molecule has 0 unspecified atom stereocenters. The third-order valence-corrected chi connectivity index (χ3v) is 2.80. The molecule has 0 spiro atoms. The van der Waals surface area contributed by atoms with E-state index in [-0.39, 0.29) is 29.6 Å². The van der Waals surface area contributed by atoms with Crippen molar-refractivity contribution in [3.63, 3.8) is 0 Å². The summed E-state index contributed by atoms with van der Waals surface area (Å²) < 4.78 is 40.1. The van der Waals surface area contributed by atoms with Crippen LogP contribution >= 0.6 is 0 Å². The van der Waals surface area contributed by atoms with Gasteiger partial charge in [-0.15, -0.1) is 0 Å². The Bertz CT molecular complexity index is 347. The molecule has 5 atom stereocenters. The van der Waals surface area contributed by atoms with Crippen LogP contribution in [0.4, 0.5) is 0 Å². The SMILES string of the molecule is O=S(=O)([O-])O[C@H]1[C@H](O)[C@@H]([C@@H](O)CO)O[C@@H]1CO.[Na+]. The van der Waals surface area contributed by atoms with E-state index in [2.05, 4.69) is 4.18 Å². The summed E-state index contributed by atoms with van der Waals surface area (Å²) in [7, 11) is -5.08. The molecule has 0 aromatic carbocycles. The number of hydrogen-bond donors (Lipinski definition) is 4. The largest absolute Gasteiger partial charge is 1.00 e. The molecule has 4 N–H and O–H groups in total. The van der Waals surface area contributed by atoms with E-state index < -0.39 is 54.1 Å². The first kappa shape index (κ1) is 18.7. The van der Waals surface area contributed by atoms with Gasteiger partial charge in [-0.25, -0.2) is 8.42 Å². The van der Waals surface area contributed by atoms with E-state index in [1.807, 2.05) is 0 Å². The van der Waals surface area contributed by atoms with Crippen LogP contribution in [0, 0.1) is 0 Å². The van der Waals surface area contributed by atoms with Crippen molar-refractivity contribution in [1.82, 2.24) is 0 Å². The maximum absolute atomic E-state index is 10.4. The Morgan fingerprint density at radius 2 is 1.94 bits per heavy atom. The Morgan fingerprint density at radius 3 is 2.33 bits per heavy atom. The molecule has 0 bridgehead atoms. The minimum atomic E-state index is -5.08. The molecular weight excluding hydrogens is 283 g/mol. The number of ether oxygens (including phenoxy) is 1. The molecule has 0 aliphatic carbocycles. The summed E-state index contributed by atoms with van der Waals surface area (Å²) in [5.74, 6) is 0. The van der Waals surface area contributed by atoms with Gasteiger partial charge in [-0.1, -0.05) is 0 Å². The Kier molecular flexibility index (Phi) is 7.73. The number of aliphatic hydroxyl groups excluding tert-OH is 4. The van der Waals surface area contributed by atoms with Crippen LogP contribution in [0.15, 0.2) is 0 Å². The Morgan fingerprint density at radius 1 is 1.39 bits per heavy atom. The van der Waals surface area contributed by atoms with Gasteiger partial charge >= 0.3 is 29.6 Å². The Labute approximate surface area is 126 Å². The van der Waals surface area contributed by atoms with Crippen LogP contribution in [0.3, 0.4) is 0 Å². The maximum Gasteiger partial charge on any atom is 1.00 e. The van der Waals surface area contributed by atoms with Gasteiger partial charge in [0.25, 0.3) is 0 Å². The molecule has 11 heteroatoms. The Balaban J connectivity index is 0.00000289. The van der Waals surface area contributed by atoms with Crippen molar-refractivity contribution < 1.29 is 71.9 Å². The zero-order valence-corrected chi connectivity index (χ0v) is 12.4. The molecule has 0 aromatic heterocycles. The fourth-order valence-corrected chi connectivity index (χ4v) is 2.10. The summed E-state index contributed by atoms with van der Waals surface area (Å²) in [4.78, 5) is 0. The molecule has 0 aromatic rings. The summed E-state index contributed by atoms with van der Waals surface area (Å²) in [6, 6.07) is 0. The third kappa shape index (κ3) is 4.65. The van der Waals surface area contributed by atoms with Crippen molar-refractivity contribution in [2.75, 3.05) is 13.2 Å². The average molecular weight is 296 g/mol. The molecule has 1 fully saturated rings. The van der Waals surface area contributed by atoms with E-state index in [1.54, 1.807) is 0 Å². The van der Waals surface area contributed by atoms with Crippen molar-refractivity contribution >= 4 is 10.4 Å². The minimum Gasteiger partial charge on any atom is -0.726 e. The van der Waals surface area contributed by atoms with Crippen molar-refractivity contribution in [3.05, 3.63) is 0 Å². The van der Waals surface area contributed by atoms with E-state index in [1.165, 1.54) is 0 Å². The number of rotatable bonds is 5. The molecule has 1 aliphatic heterocycles. The second kappa shape index (κ2) is 7.45. The van der Waals surface area contributed by atoms with Gasteiger partial charge in [0, 0.05) is 0 Å². The second-order valence-electron chi connectivity index (χ2n) is 3.53. The van der Waals surface area contributed by atoms with E-state index in [9.17, 15) is 23.2 Å². The van der Waals surface area contributed by atoms with E-state index in [0.717, 1.165) is 0 Å². The molecule has 102 valence electrons. The summed E-state index contributed by atoms with van der Waals surface area (Å²) >= 11 is 0. The summed E-state index contributed by atoms with van der Waals surface area (Å²) in [5, 5.41) is 36.4. The van der Waals surface area contributed by atoms with Gasteiger partial charge in [-0.3, -0.25) is 4.18 Å². The average Bonchev–Trinajstić information content (AvgIpc) is 2.53. The molecule has 9 nitrogen and oxygen atoms in total. The number of aliphatic hydroxyl groups is 4. The predicted molar refractivity (Wildman–Crippen MR) is 49.4 cm³/mol. The van der Waals surface area contributed by atoms with Gasteiger partial charge in [0.05, 0.1) is 13.2 Å². The van der Waals surface area contributed by atoms with Crippen LogP contribution in [-0.4, -0.2) is 77.1 Å². The first-order valence-corrected chi connectivity index (χ1v) is 6.01. The quantitative estimate of drug-likeness (QED) is 0.220.